The van der Waals surface area contributed by atoms with E-state index in [1.54, 1.807) is 0 Å². The number of benzene rings is 2. The zero-order valence-electron chi connectivity index (χ0n) is 14.0. The number of fused-ring (bicyclic) bond motifs is 2. The lowest BCUT2D eigenvalue weighted by Gasteiger charge is -2.25. The van der Waals surface area contributed by atoms with Gasteiger partial charge in [-0.25, -0.2) is 0 Å². The largest absolute Gasteiger partial charge is 0.493 e. The minimum atomic E-state index is 0.00976. The molecule has 130 valence electrons. The summed E-state index contributed by atoms with van der Waals surface area (Å²) in [5, 5.41) is 3.02. The molecule has 0 unspecified atom stereocenters. The number of ether oxygens (including phenoxy) is 3. The number of carbonyl (C=O) groups excluding carboxylic acids is 1. The molecule has 2 aromatic rings. The standard InChI is InChI=1S/C20H21NO4/c22-20(11-14-5-6-18-19(10-14)24-8-7-23-18)21-12-15-9-16-3-1-2-4-17(16)25-13-15/h1-6,10,15H,7-9,11-13H2,(H,21,22)/t15-/m0/s1. The first-order chi connectivity index (χ1) is 12.3. The average Bonchev–Trinajstić information content (AvgIpc) is 2.66. The van der Waals surface area contributed by atoms with Gasteiger partial charge in [0.2, 0.25) is 5.91 Å². The van der Waals surface area contributed by atoms with Gasteiger partial charge in [0.1, 0.15) is 19.0 Å². The predicted octanol–water partition coefficient (Wildman–Crippen LogP) is 2.37. The van der Waals surface area contributed by atoms with Gasteiger partial charge in [0, 0.05) is 12.5 Å². The van der Waals surface area contributed by atoms with Crippen molar-refractivity contribution in [3.05, 3.63) is 53.6 Å². The fraction of sp³-hybridized carbons (Fsp3) is 0.350. The number of amides is 1. The molecular weight excluding hydrogens is 318 g/mol. The third-order valence-corrected chi connectivity index (χ3v) is 4.51. The first-order valence-electron chi connectivity index (χ1n) is 8.64. The van der Waals surface area contributed by atoms with E-state index in [0.717, 1.165) is 23.5 Å². The summed E-state index contributed by atoms with van der Waals surface area (Å²) in [6.45, 7) is 2.38. The monoisotopic (exact) mass is 339 g/mol. The van der Waals surface area contributed by atoms with E-state index < -0.39 is 0 Å². The molecule has 1 N–H and O–H groups in total. The number of carbonyl (C=O) groups is 1. The van der Waals surface area contributed by atoms with Crippen LogP contribution in [-0.2, 0) is 17.6 Å². The Morgan fingerprint density at radius 1 is 1.00 bits per heavy atom. The summed E-state index contributed by atoms with van der Waals surface area (Å²) < 4.78 is 16.8. The molecule has 25 heavy (non-hydrogen) atoms. The second kappa shape index (κ2) is 7.05. The molecule has 5 heteroatoms. The maximum Gasteiger partial charge on any atom is 0.224 e. The highest BCUT2D eigenvalue weighted by Gasteiger charge is 2.20. The van der Waals surface area contributed by atoms with Gasteiger partial charge in [0.25, 0.3) is 0 Å². The number of para-hydroxylation sites is 1. The molecule has 5 nitrogen and oxygen atoms in total. The fourth-order valence-electron chi connectivity index (χ4n) is 3.23. The lowest BCUT2D eigenvalue weighted by Crippen LogP contribution is -2.35. The Bertz CT molecular complexity index is 774. The minimum Gasteiger partial charge on any atom is -0.493 e. The highest BCUT2D eigenvalue weighted by molar-refractivity contribution is 5.78. The summed E-state index contributed by atoms with van der Waals surface area (Å²) in [6.07, 6.45) is 1.27. The van der Waals surface area contributed by atoms with Gasteiger partial charge in [0.05, 0.1) is 13.0 Å². The summed E-state index contributed by atoms with van der Waals surface area (Å²) in [6, 6.07) is 13.7. The van der Waals surface area contributed by atoms with Crippen molar-refractivity contribution in [1.29, 1.82) is 0 Å². The van der Waals surface area contributed by atoms with Gasteiger partial charge in [0.15, 0.2) is 11.5 Å². The molecule has 1 atom stereocenters. The quantitative estimate of drug-likeness (QED) is 0.929. The highest BCUT2D eigenvalue weighted by atomic mass is 16.6. The van der Waals surface area contributed by atoms with Crippen molar-refractivity contribution in [3.63, 3.8) is 0 Å². The Morgan fingerprint density at radius 2 is 1.84 bits per heavy atom. The van der Waals surface area contributed by atoms with Gasteiger partial charge < -0.3 is 19.5 Å². The molecule has 2 aliphatic rings. The van der Waals surface area contributed by atoms with E-state index >= 15 is 0 Å². The van der Waals surface area contributed by atoms with Crippen molar-refractivity contribution in [2.45, 2.75) is 12.8 Å². The zero-order valence-corrected chi connectivity index (χ0v) is 14.0. The summed E-state index contributed by atoms with van der Waals surface area (Å²) in [5.74, 6) is 2.73. The second-order valence-electron chi connectivity index (χ2n) is 6.45. The minimum absolute atomic E-state index is 0.00976. The van der Waals surface area contributed by atoms with Crippen LogP contribution in [0.4, 0.5) is 0 Å². The predicted molar refractivity (Wildman–Crippen MR) is 93.3 cm³/mol. The summed E-state index contributed by atoms with van der Waals surface area (Å²) in [7, 11) is 0. The van der Waals surface area contributed by atoms with E-state index in [9.17, 15) is 4.79 Å². The molecule has 0 bridgehead atoms. The molecule has 2 heterocycles. The number of hydrogen-bond donors (Lipinski definition) is 1. The lowest BCUT2D eigenvalue weighted by molar-refractivity contribution is -0.120. The number of hydrogen-bond acceptors (Lipinski definition) is 4. The maximum atomic E-state index is 12.2. The maximum absolute atomic E-state index is 12.2. The normalized spacial score (nSPS) is 18.0. The lowest BCUT2D eigenvalue weighted by atomic mass is 9.96. The molecule has 0 saturated heterocycles. The van der Waals surface area contributed by atoms with Crippen molar-refractivity contribution in [2.24, 2.45) is 5.92 Å². The Labute approximate surface area is 146 Å². The topological polar surface area (TPSA) is 56.8 Å². The molecule has 0 saturated carbocycles. The SMILES string of the molecule is O=C(Cc1ccc2c(c1)OCCO2)NC[C@H]1COc2ccccc2C1. The van der Waals surface area contributed by atoms with Crippen LogP contribution in [0.5, 0.6) is 17.2 Å². The Balaban J connectivity index is 1.30. The molecule has 0 fully saturated rings. The average molecular weight is 339 g/mol. The molecule has 2 aromatic carbocycles. The van der Waals surface area contributed by atoms with Crippen LogP contribution >= 0.6 is 0 Å². The smallest absolute Gasteiger partial charge is 0.224 e. The van der Waals surface area contributed by atoms with Crippen LogP contribution in [0.2, 0.25) is 0 Å². The third kappa shape index (κ3) is 3.71. The van der Waals surface area contributed by atoms with E-state index in [-0.39, 0.29) is 5.91 Å². The number of nitrogens with one attached hydrogen (secondary N) is 1. The summed E-state index contributed by atoms with van der Waals surface area (Å²) >= 11 is 0. The van der Waals surface area contributed by atoms with Gasteiger partial charge in [-0.3, -0.25) is 4.79 Å². The van der Waals surface area contributed by atoms with Crippen molar-refractivity contribution in [1.82, 2.24) is 5.32 Å². The Hall–Kier alpha value is -2.69. The second-order valence-corrected chi connectivity index (χ2v) is 6.45. The van der Waals surface area contributed by atoms with Gasteiger partial charge in [-0.15, -0.1) is 0 Å². The molecule has 0 spiro atoms. The van der Waals surface area contributed by atoms with Gasteiger partial charge >= 0.3 is 0 Å². The Kier molecular flexibility index (Phi) is 4.46. The first-order valence-corrected chi connectivity index (χ1v) is 8.64. The molecule has 1 amide bonds. The molecule has 0 aliphatic carbocycles. The fourth-order valence-corrected chi connectivity index (χ4v) is 3.23. The van der Waals surface area contributed by atoms with E-state index in [1.165, 1.54) is 5.56 Å². The molecule has 0 radical (unpaired) electrons. The summed E-state index contributed by atoms with van der Waals surface area (Å²) in [5.41, 5.74) is 2.13. The molecule has 4 rings (SSSR count). The van der Waals surface area contributed by atoms with Crippen LogP contribution in [-0.4, -0.2) is 32.3 Å². The van der Waals surface area contributed by atoms with Crippen LogP contribution in [0, 0.1) is 5.92 Å². The molecule has 0 aromatic heterocycles. The molecule has 2 aliphatic heterocycles. The van der Waals surface area contributed by atoms with Gasteiger partial charge in [-0.1, -0.05) is 24.3 Å². The van der Waals surface area contributed by atoms with E-state index in [4.69, 9.17) is 14.2 Å². The van der Waals surface area contributed by atoms with Crippen LogP contribution in [0.3, 0.4) is 0 Å². The van der Waals surface area contributed by atoms with Crippen molar-refractivity contribution in [3.8, 4) is 17.2 Å². The zero-order chi connectivity index (χ0) is 17.1. The number of rotatable bonds is 4. The van der Waals surface area contributed by atoms with E-state index in [1.807, 2.05) is 36.4 Å². The molecular formula is C20H21NO4. The van der Waals surface area contributed by atoms with Crippen molar-refractivity contribution in [2.75, 3.05) is 26.4 Å². The van der Waals surface area contributed by atoms with Crippen LogP contribution in [0.1, 0.15) is 11.1 Å². The van der Waals surface area contributed by atoms with Crippen LogP contribution < -0.4 is 19.5 Å². The highest BCUT2D eigenvalue weighted by Crippen LogP contribution is 2.31. The van der Waals surface area contributed by atoms with Crippen molar-refractivity contribution >= 4 is 5.91 Å². The Morgan fingerprint density at radius 3 is 2.76 bits per heavy atom. The van der Waals surface area contributed by atoms with Crippen molar-refractivity contribution < 1.29 is 19.0 Å². The first kappa shape index (κ1) is 15.8. The van der Waals surface area contributed by atoms with E-state index in [2.05, 4.69) is 11.4 Å². The summed E-state index contributed by atoms with van der Waals surface area (Å²) in [4.78, 5) is 12.2. The third-order valence-electron chi connectivity index (χ3n) is 4.51. The van der Waals surface area contributed by atoms with Crippen LogP contribution in [0.25, 0.3) is 0 Å². The van der Waals surface area contributed by atoms with Gasteiger partial charge in [-0.2, -0.15) is 0 Å². The van der Waals surface area contributed by atoms with E-state index in [0.29, 0.717) is 44.5 Å². The van der Waals surface area contributed by atoms with Gasteiger partial charge in [-0.05, 0) is 35.7 Å². The van der Waals surface area contributed by atoms with Crippen LogP contribution in [0.15, 0.2) is 42.5 Å².